The van der Waals surface area contributed by atoms with Gasteiger partial charge in [0, 0.05) is 0 Å². The molecule has 0 aliphatic heterocycles. The van der Waals surface area contributed by atoms with Crippen molar-refractivity contribution in [3.63, 3.8) is 0 Å². The fourth-order valence-corrected chi connectivity index (χ4v) is 1.73. The highest BCUT2D eigenvalue weighted by molar-refractivity contribution is 9.10. The van der Waals surface area contributed by atoms with Gasteiger partial charge in [0.1, 0.15) is 0 Å². The maximum absolute atomic E-state index is 13.4. The Kier molecular flexibility index (Phi) is 4.80. The summed E-state index contributed by atoms with van der Waals surface area (Å²) in [5, 5.41) is 0. The predicted molar refractivity (Wildman–Crippen MR) is 56.5 cm³/mol. The van der Waals surface area contributed by atoms with Gasteiger partial charge in [-0.25, -0.2) is 4.39 Å². The SMILES string of the molecule is COC(=O)Cc1cc(F)c(OC(F)F)c(Br)c1. The predicted octanol–water partition coefficient (Wildman–Crippen LogP) is 2.91. The lowest BCUT2D eigenvalue weighted by Crippen LogP contribution is -2.07. The molecule has 0 aromatic heterocycles. The van der Waals surface area contributed by atoms with Crippen molar-refractivity contribution in [2.45, 2.75) is 13.0 Å². The molecule has 0 unspecified atom stereocenters. The van der Waals surface area contributed by atoms with Crippen molar-refractivity contribution in [3.8, 4) is 5.75 Å². The summed E-state index contributed by atoms with van der Waals surface area (Å²) in [6, 6.07) is 2.26. The maximum atomic E-state index is 13.4. The van der Waals surface area contributed by atoms with Crippen LogP contribution in [0.15, 0.2) is 16.6 Å². The average molecular weight is 313 g/mol. The number of esters is 1. The molecule has 0 aliphatic rings. The van der Waals surface area contributed by atoms with E-state index in [0.717, 1.165) is 6.07 Å². The Bertz CT molecular complexity index is 400. The molecule has 1 rings (SSSR count). The minimum Gasteiger partial charge on any atom is -0.469 e. The summed E-state index contributed by atoms with van der Waals surface area (Å²) in [7, 11) is 1.20. The third-order valence-corrected chi connectivity index (χ3v) is 2.43. The number of hydrogen-bond donors (Lipinski definition) is 0. The second-order valence-corrected chi connectivity index (χ2v) is 3.87. The fourth-order valence-electron chi connectivity index (χ4n) is 1.15. The standard InChI is InChI=1S/C10H8BrF3O3/c1-16-8(15)4-5-2-6(11)9(7(12)3-5)17-10(13)14/h2-3,10H,4H2,1H3. The van der Waals surface area contributed by atoms with Crippen LogP contribution < -0.4 is 4.74 Å². The summed E-state index contributed by atoms with van der Waals surface area (Å²) < 4.78 is 45.7. The number of rotatable bonds is 4. The molecule has 3 nitrogen and oxygen atoms in total. The first kappa shape index (κ1) is 13.8. The molecule has 0 spiro atoms. The maximum Gasteiger partial charge on any atom is 0.387 e. The molecule has 1 aromatic carbocycles. The third kappa shape index (κ3) is 3.92. The molecule has 17 heavy (non-hydrogen) atoms. The quantitative estimate of drug-likeness (QED) is 0.802. The number of hydrogen-bond acceptors (Lipinski definition) is 3. The van der Waals surface area contributed by atoms with Crippen LogP contribution in [0.2, 0.25) is 0 Å². The summed E-state index contributed by atoms with van der Waals surface area (Å²) in [4.78, 5) is 11.0. The van der Waals surface area contributed by atoms with Crippen LogP contribution in [0.25, 0.3) is 0 Å². The lowest BCUT2D eigenvalue weighted by Gasteiger charge is -2.09. The smallest absolute Gasteiger partial charge is 0.387 e. The van der Waals surface area contributed by atoms with E-state index in [1.54, 1.807) is 0 Å². The summed E-state index contributed by atoms with van der Waals surface area (Å²) in [6.45, 7) is -3.12. The van der Waals surface area contributed by atoms with Crippen molar-refractivity contribution in [2.75, 3.05) is 7.11 Å². The molecule has 7 heteroatoms. The zero-order valence-electron chi connectivity index (χ0n) is 8.68. The lowest BCUT2D eigenvalue weighted by molar-refractivity contribution is -0.139. The van der Waals surface area contributed by atoms with E-state index in [4.69, 9.17) is 0 Å². The minimum absolute atomic E-state index is 0.0108. The zero-order chi connectivity index (χ0) is 13.0. The first-order valence-electron chi connectivity index (χ1n) is 4.43. The van der Waals surface area contributed by atoms with E-state index in [1.165, 1.54) is 13.2 Å². The first-order valence-corrected chi connectivity index (χ1v) is 5.23. The van der Waals surface area contributed by atoms with Crippen molar-refractivity contribution in [1.82, 2.24) is 0 Å². The number of benzene rings is 1. The lowest BCUT2D eigenvalue weighted by atomic mass is 10.1. The van der Waals surface area contributed by atoms with Gasteiger partial charge in [0.25, 0.3) is 0 Å². The third-order valence-electron chi connectivity index (χ3n) is 1.84. The first-order chi connectivity index (χ1) is 7.93. The van der Waals surface area contributed by atoms with Crippen molar-refractivity contribution in [1.29, 1.82) is 0 Å². The van der Waals surface area contributed by atoms with Crippen LogP contribution in [0.4, 0.5) is 13.2 Å². The van der Waals surface area contributed by atoms with Crippen molar-refractivity contribution in [2.24, 2.45) is 0 Å². The molecule has 0 N–H and O–H groups in total. The Hall–Kier alpha value is -1.24. The number of alkyl halides is 2. The molecular weight excluding hydrogens is 305 g/mol. The second kappa shape index (κ2) is 5.90. The van der Waals surface area contributed by atoms with Crippen LogP contribution in [0.3, 0.4) is 0 Å². The molecule has 0 radical (unpaired) electrons. The van der Waals surface area contributed by atoms with Crippen LogP contribution in [0, 0.1) is 5.82 Å². The molecule has 0 heterocycles. The normalized spacial score (nSPS) is 10.5. The Balaban J connectivity index is 2.96. The number of carbonyl (C=O) groups is 1. The van der Waals surface area contributed by atoms with E-state index in [2.05, 4.69) is 25.4 Å². The van der Waals surface area contributed by atoms with Gasteiger partial charge >= 0.3 is 12.6 Å². The van der Waals surface area contributed by atoms with Gasteiger partial charge in [0.2, 0.25) is 0 Å². The van der Waals surface area contributed by atoms with Crippen molar-refractivity contribution < 1.29 is 27.4 Å². The Morgan fingerprint density at radius 2 is 2.12 bits per heavy atom. The van der Waals surface area contributed by atoms with Gasteiger partial charge in [-0.2, -0.15) is 8.78 Å². The van der Waals surface area contributed by atoms with E-state index < -0.39 is 24.1 Å². The second-order valence-electron chi connectivity index (χ2n) is 3.02. The van der Waals surface area contributed by atoms with Crippen LogP contribution in [-0.2, 0) is 16.0 Å². The number of ether oxygens (including phenoxy) is 2. The topological polar surface area (TPSA) is 35.5 Å². The van der Waals surface area contributed by atoms with Gasteiger partial charge in [-0.05, 0) is 33.6 Å². The molecule has 0 saturated carbocycles. The summed E-state index contributed by atoms with van der Waals surface area (Å²) in [5.74, 6) is -2.12. The van der Waals surface area contributed by atoms with Crippen LogP contribution in [-0.4, -0.2) is 19.7 Å². The van der Waals surface area contributed by atoms with Crippen molar-refractivity contribution in [3.05, 3.63) is 28.0 Å². The Morgan fingerprint density at radius 1 is 1.47 bits per heavy atom. The average Bonchev–Trinajstić information content (AvgIpc) is 2.23. The molecule has 0 saturated heterocycles. The highest BCUT2D eigenvalue weighted by Gasteiger charge is 2.16. The summed E-state index contributed by atoms with van der Waals surface area (Å²) >= 11 is 2.89. The summed E-state index contributed by atoms with van der Waals surface area (Å²) in [5.41, 5.74) is 0.294. The number of methoxy groups -OCH3 is 1. The monoisotopic (exact) mass is 312 g/mol. The molecule has 0 atom stereocenters. The van der Waals surface area contributed by atoms with Crippen molar-refractivity contribution >= 4 is 21.9 Å². The molecule has 1 aromatic rings. The largest absolute Gasteiger partial charge is 0.469 e. The Labute approximate surface area is 104 Å². The molecular formula is C10H8BrF3O3. The van der Waals surface area contributed by atoms with Gasteiger partial charge in [0.15, 0.2) is 11.6 Å². The fraction of sp³-hybridized carbons (Fsp3) is 0.300. The highest BCUT2D eigenvalue weighted by Crippen LogP contribution is 2.31. The molecule has 0 fully saturated rings. The van der Waals surface area contributed by atoms with Gasteiger partial charge in [-0.3, -0.25) is 4.79 Å². The van der Waals surface area contributed by atoms with E-state index >= 15 is 0 Å². The van der Waals surface area contributed by atoms with E-state index in [-0.39, 0.29) is 10.9 Å². The Morgan fingerprint density at radius 3 is 2.59 bits per heavy atom. The van der Waals surface area contributed by atoms with Crippen LogP contribution >= 0.6 is 15.9 Å². The van der Waals surface area contributed by atoms with Crippen LogP contribution in [0.5, 0.6) is 5.75 Å². The van der Waals surface area contributed by atoms with Gasteiger partial charge < -0.3 is 9.47 Å². The minimum atomic E-state index is -3.12. The molecule has 0 aliphatic carbocycles. The van der Waals surface area contributed by atoms with E-state index in [1.807, 2.05) is 0 Å². The zero-order valence-corrected chi connectivity index (χ0v) is 10.3. The van der Waals surface area contributed by atoms with Gasteiger partial charge in [-0.1, -0.05) is 0 Å². The van der Waals surface area contributed by atoms with Gasteiger partial charge in [0.05, 0.1) is 18.0 Å². The van der Waals surface area contributed by atoms with Crippen LogP contribution in [0.1, 0.15) is 5.56 Å². The number of halogens is 4. The molecule has 94 valence electrons. The number of carbonyl (C=O) groups excluding carboxylic acids is 1. The van der Waals surface area contributed by atoms with E-state index in [9.17, 15) is 18.0 Å². The summed E-state index contributed by atoms with van der Waals surface area (Å²) in [6.07, 6.45) is -0.152. The molecule has 0 amide bonds. The highest BCUT2D eigenvalue weighted by atomic mass is 79.9. The van der Waals surface area contributed by atoms with E-state index in [0.29, 0.717) is 5.56 Å². The van der Waals surface area contributed by atoms with Gasteiger partial charge in [-0.15, -0.1) is 0 Å². The molecule has 0 bridgehead atoms.